The topological polar surface area (TPSA) is 78.9 Å². The highest BCUT2D eigenvalue weighted by Gasteiger charge is 2.28. The van der Waals surface area contributed by atoms with E-state index in [1.54, 1.807) is 19.1 Å². The lowest BCUT2D eigenvalue weighted by Crippen LogP contribution is -2.49. The third-order valence-electron chi connectivity index (χ3n) is 4.91. The van der Waals surface area contributed by atoms with E-state index in [4.69, 9.17) is 4.74 Å². The van der Waals surface area contributed by atoms with Crippen LogP contribution >= 0.6 is 0 Å². The Labute approximate surface area is 171 Å². The van der Waals surface area contributed by atoms with Crippen LogP contribution < -0.4 is 10.1 Å². The van der Waals surface area contributed by atoms with E-state index < -0.39 is 35.0 Å². The van der Waals surface area contributed by atoms with Crippen LogP contribution in [-0.2, 0) is 4.79 Å². The summed E-state index contributed by atoms with van der Waals surface area (Å²) in [7, 11) is 0. The van der Waals surface area contributed by atoms with Crippen molar-refractivity contribution in [1.29, 1.82) is 0 Å². The zero-order chi connectivity index (χ0) is 21.8. The number of carbonyl (C=O) groups excluding carboxylic acids is 2. The summed E-state index contributed by atoms with van der Waals surface area (Å²) in [6.07, 6.45) is 0.0779. The monoisotopic (exact) mass is 422 g/mol. The van der Waals surface area contributed by atoms with Crippen molar-refractivity contribution >= 4 is 11.8 Å². The van der Waals surface area contributed by atoms with Crippen molar-refractivity contribution in [1.82, 2.24) is 10.2 Å². The molecule has 30 heavy (non-hydrogen) atoms. The number of likely N-dealkylation sites (tertiary alicyclic amines) is 1. The number of phenolic OH excluding ortho intramolecular Hbond substituents is 1. The second-order valence-electron chi connectivity index (χ2n) is 7.05. The summed E-state index contributed by atoms with van der Waals surface area (Å²) >= 11 is 0. The van der Waals surface area contributed by atoms with Gasteiger partial charge in [0.05, 0.1) is 5.56 Å². The minimum Gasteiger partial charge on any atom is -0.508 e. The normalized spacial score (nSPS) is 15.5. The molecule has 1 fully saturated rings. The Bertz CT molecular complexity index is 929. The molecule has 1 atom stereocenters. The fraction of sp³-hybridized carbons (Fsp3) is 0.333. The number of benzene rings is 2. The van der Waals surface area contributed by atoms with Gasteiger partial charge >= 0.3 is 0 Å². The maximum atomic E-state index is 13.9. The van der Waals surface area contributed by atoms with Crippen LogP contribution in [-0.4, -0.2) is 47.1 Å². The molecule has 0 aromatic heterocycles. The fourth-order valence-corrected chi connectivity index (χ4v) is 3.19. The number of carbonyl (C=O) groups is 2. The molecule has 2 N–H and O–H groups in total. The second-order valence-corrected chi connectivity index (χ2v) is 7.05. The highest BCUT2D eigenvalue weighted by atomic mass is 19.2. The lowest BCUT2D eigenvalue weighted by molar-refractivity contribution is -0.128. The number of phenols is 1. The summed E-state index contributed by atoms with van der Waals surface area (Å²) in [6.45, 7) is 2.05. The predicted octanol–water partition coefficient (Wildman–Crippen LogP) is 3.00. The molecule has 2 aromatic carbocycles. The first-order valence-corrected chi connectivity index (χ1v) is 9.45. The Morgan fingerprint density at radius 3 is 2.33 bits per heavy atom. The predicted molar refractivity (Wildman–Crippen MR) is 102 cm³/mol. The standard InChI is InChI=1S/C21H21F3N2O4/c1-12(30-15-4-2-14(27)3-5-15)20(28)25-13-8-10-26(11-9-13)21(29)16-6-7-17(22)19(24)18(16)23/h2-7,12-13,27H,8-11H2,1H3,(H,25,28). The minimum absolute atomic E-state index is 0.0871. The number of nitrogens with zero attached hydrogens (tertiary/aromatic N) is 1. The first-order chi connectivity index (χ1) is 14.3. The zero-order valence-corrected chi connectivity index (χ0v) is 16.2. The Morgan fingerprint density at radius 2 is 1.70 bits per heavy atom. The Morgan fingerprint density at radius 1 is 1.07 bits per heavy atom. The van der Waals surface area contributed by atoms with Crippen LogP contribution in [0.3, 0.4) is 0 Å². The quantitative estimate of drug-likeness (QED) is 0.727. The minimum atomic E-state index is -1.68. The zero-order valence-electron chi connectivity index (χ0n) is 16.2. The molecule has 1 aliphatic heterocycles. The number of rotatable bonds is 5. The number of hydrogen-bond acceptors (Lipinski definition) is 4. The number of ether oxygens (including phenoxy) is 1. The van der Waals surface area contributed by atoms with Crippen LogP contribution in [0.2, 0.25) is 0 Å². The van der Waals surface area contributed by atoms with E-state index in [0.29, 0.717) is 24.7 Å². The molecule has 3 rings (SSSR count). The summed E-state index contributed by atoms with van der Waals surface area (Å²) in [5.41, 5.74) is -0.521. The van der Waals surface area contributed by atoms with Crippen molar-refractivity contribution in [2.45, 2.75) is 31.9 Å². The first-order valence-electron chi connectivity index (χ1n) is 9.45. The highest BCUT2D eigenvalue weighted by Crippen LogP contribution is 2.20. The van der Waals surface area contributed by atoms with Crippen molar-refractivity contribution in [3.8, 4) is 11.5 Å². The lowest BCUT2D eigenvalue weighted by atomic mass is 10.0. The summed E-state index contributed by atoms with van der Waals surface area (Å²) in [6, 6.07) is 7.41. The molecule has 6 nitrogen and oxygen atoms in total. The van der Waals surface area contributed by atoms with Crippen molar-refractivity contribution in [3.63, 3.8) is 0 Å². The maximum absolute atomic E-state index is 13.9. The average molecular weight is 422 g/mol. The van der Waals surface area contributed by atoms with Gasteiger partial charge in [0.2, 0.25) is 0 Å². The molecule has 2 aromatic rings. The van der Waals surface area contributed by atoms with Crippen molar-refractivity contribution in [3.05, 3.63) is 59.4 Å². The van der Waals surface area contributed by atoms with E-state index in [0.717, 1.165) is 6.07 Å². The van der Waals surface area contributed by atoms with Gasteiger partial charge in [0.25, 0.3) is 11.8 Å². The third kappa shape index (κ3) is 4.84. The van der Waals surface area contributed by atoms with Crippen LogP contribution in [0.5, 0.6) is 11.5 Å². The molecule has 1 saturated heterocycles. The van der Waals surface area contributed by atoms with Crippen molar-refractivity contribution in [2.75, 3.05) is 13.1 Å². The largest absolute Gasteiger partial charge is 0.508 e. The van der Waals surface area contributed by atoms with Gasteiger partial charge in [-0.05, 0) is 56.2 Å². The number of hydrogen-bond donors (Lipinski definition) is 2. The molecular formula is C21H21F3N2O4. The van der Waals surface area contributed by atoms with E-state index in [1.165, 1.54) is 17.0 Å². The lowest BCUT2D eigenvalue weighted by Gasteiger charge is -2.33. The van der Waals surface area contributed by atoms with Crippen LogP contribution in [0.1, 0.15) is 30.1 Å². The van der Waals surface area contributed by atoms with Gasteiger partial charge in [-0.25, -0.2) is 13.2 Å². The molecule has 0 spiro atoms. The summed E-state index contributed by atoms with van der Waals surface area (Å²) < 4.78 is 45.8. The smallest absolute Gasteiger partial charge is 0.260 e. The Hall–Kier alpha value is -3.23. The van der Waals surface area contributed by atoms with Crippen molar-refractivity contribution in [2.24, 2.45) is 0 Å². The molecule has 160 valence electrons. The number of nitrogens with one attached hydrogen (secondary N) is 1. The van der Waals surface area contributed by atoms with Gasteiger partial charge in [-0.1, -0.05) is 0 Å². The molecule has 0 aliphatic carbocycles. The SMILES string of the molecule is CC(Oc1ccc(O)cc1)C(=O)NC1CCN(C(=O)c2ccc(F)c(F)c2F)CC1. The van der Waals surface area contributed by atoms with Crippen molar-refractivity contribution < 1.29 is 32.6 Å². The van der Waals surface area contributed by atoms with Gasteiger partial charge in [0, 0.05) is 19.1 Å². The number of amides is 2. The van der Waals surface area contributed by atoms with Gasteiger partial charge in [-0.15, -0.1) is 0 Å². The van der Waals surface area contributed by atoms with Gasteiger partial charge in [-0.3, -0.25) is 9.59 Å². The molecule has 1 aliphatic rings. The van der Waals surface area contributed by atoms with E-state index in [2.05, 4.69) is 5.32 Å². The van der Waals surface area contributed by atoms with Crippen LogP contribution in [0.15, 0.2) is 36.4 Å². The van der Waals surface area contributed by atoms with E-state index in [9.17, 15) is 27.9 Å². The number of piperidine rings is 1. The van der Waals surface area contributed by atoms with Gasteiger partial charge in [-0.2, -0.15) is 0 Å². The molecule has 1 heterocycles. The molecule has 0 saturated carbocycles. The summed E-state index contributed by atoms with van der Waals surface area (Å²) in [5.74, 6) is -5.07. The third-order valence-corrected chi connectivity index (χ3v) is 4.91. The molecule has 9 heteroatoms. The maximum Gasteiger partial charge on any atom is 0.260 e. The average Bonchev–Trinajstić information content (AvgIpc) is 2.74. The molecule has 0 bridgehead atoms. The number of aromatic hydroxyl groups is 1. The van der Waals surface area contributed by atoms with Gasteiger partial charge < -0.3 is 20.1 Å². The Balaban J connectivity index is 1.51. The summed E-state index contributed by atoms with van der Waals surface area (Å²) in [5, 5.41) is 12.1. The summed E-state index contributed by atoms with van der Waals surface area (Å²) in [4.78, 5) is 26.1. The van der Waals surface area contributed by atoms with Gasteiger partial charge in [0.15, 0.2) is 23.6 Å². The van der Waals surface area contributed by atoms with Gasteiger partial charge in [0.1, 0.15) is 11.5 Å². The first kappa shape index (κ1) is 21.5. The van der Waals surface area contributed by atoms with Crippen LogP contribution in [0.25, 0.3) is 0 Å². The Kier molecular flexibility index (Phi) is 6.49. The molecule has 2 amide bonds. The van der Waals surface area contributed by atoms with Crippen LogP contribution in [0.4, 0.5) is 13.2 Å². The second kappa shape index (κ2) is 9.06. The van der Waals surface area contributed by atoms with E-state index in [1.807, 2.05) is 0 Å². The molecule has 1 unspecified atom stereocenters. The van der Waals surface area contributed by atoms with E-state index in [-0.39, 0.29) is 30.8 Å². The molecule has 0 radical (unpaired) electrons. The highest BCUT2D eigenvalue weighted by molar-refractivity contribution is 5.94. The fourth-order valence-electron chi connectivity index (χ4n) is 3.19. The van der Waals surface area contributed by atoms with E-state index >= 15 is 0 Å². The molecular weight excluding hydrogens is 401 g/mol. The number of halogens is 3. The van der Waals surface area contributed by atoms with Crippen LogP contribution in [0, 0.1) is 17.5 Å².